The van der Waals surface area contributed by atoms with E-state index in [0.717, 1.165) is 48.0 Å². The third-order valence-electron chi connectivity index (χ3n) is 5.84. The van der Waals surface area contributed by atoms with Gasteiger partial charge in [-0.2, -0.15) is 0 Å². The molecular weight excluding hydrogens is 336 g/mol. The Balaban J connectivity index is 1.32. The van der Waals surface area contributed by atoms with Crippen LogP contribution in [0.3, 0.4) is 0 Å². The number of piperidine rings is 1. The Morgan fingerprint density at radius 3 is 2.89 bits per heavy atom. The molecule has 1 fully saturated rings. The molecule has 0 bridgehead atoms. The molecule has 0 unspecified atom stereocenters. The van der Waals surface area contributed by atoms with Crippen LogP contribution in [0.25, 0.3) is 21.9 Å². The van der Waals surface area contributed by atoms with E-state index in [9.17, 15) is 4.79 Å². The van der Waals surface area contributed by atoms with E-state index in [0.29, 0.717) is 5.92 Å². The molecule has 0 spiro atoms. The van der Waals surface area contributed by atoms with Gasteiger partial charge in [-0.05, 0) is 60.7 Å². The molecule has 5 nitrogen and oxygen atoms in total. The van der Waals surface area contributed by atoms with Crippen LogP contribution in [-0.2, 0) is 7.05 Å². The Morgan fingerprint density at radius 1 is 1.19 bits per heavy atom. The molecule has 1 aromatic carbocycles. The minimum absolute atomic E-state index is 0.139. The van der Waals surface area contributed by atoms with Crippen molar-refractivity contribution in [2.24, 2.45) is 7.05 Å². The molecule has 0 atom stereocenters. The quantitative estimate of drug-likeness (QED) is 0.587. The first-order valence-electron chi connectivity index (χ1n) is 9.47. The standard InChI is InChI=1S/C22H22N4O/c1-25-10-6-16-13-17(4-5-20(16)25)22(27)26-11-7-15(8-12-26)19-14-24-21-18(19)3-2-9-23-21/h2-6,9-10,13-15H,7-8,11-12H2,1H3,(H,23,24). The van der Waals surface area contributed by atoms with Gasteiger partial charge < -0.3 is 14.5 Å². The van der Waals surface area contributed by atoms with E-state index >= 15 is 0 Å². The Bertz CT molecular complexity index is 1130. The van der Waals surface area contributed by atoms with Crippen molar-refractivity contribution >= 4 is 27.8 Å². The number of likely N-dealkylation sites (tertiary alicyclic amines) is 1. The van der Waals surface area contributed by atoms with Crippen molar-refractivity contribution in [1.82, 2.24) is 19.4 Å². The van der Waals surface area contributed by atoms with E-state index in [4.69, 9.17) is 0 Å². The molecule has 1 aliphatic rings. The highest BCUT2D eigenvalue weighted by Gasteiger charge is 2.26. The van der Waals surface area contributed by atoms with E-state index in [2.05, 4.69) is 32.9 Å². The summed E-state index contributed by atoms with van der Waals surface area (Å²) in [5.41, 5.74) is 4.21. The maximum atomic E-state index is 13.0. The lowest BCUT2D eigenvalue weighted by Gasteiger charge is -2.32. The van der Waals surface area contributed by atoms with Gasteiger partial charge in [0.05, 0.1) is 0 Å². The van der Waals surface area contributed by atoms with Crippen molar-refractivity contribution in [3.63, 3.8) is 0 Å². The number of aryl methyl sites for hydroxylation is 1. The molecule has 27 heavy (non-hydrogen) atoms. The van der Waals surface area contributed by atoms with Crippen molar-refractivity contribution in [3.05, 3.63) is 66.1 Å². The second-order valence-electron chi connectivity index (χ2n) is 7.41. The molecule has 4 heterocycles. The van der Waals surface area contributed by atoms with E-state index in [-0.39, 0.29) is 5.91 Å². The summed E-state index contributed by atoms with van der Waals surface area (Å²) in [4.78, 5) is 22.6. The number of H-pyrrole nitrogens is 1. The number of pyridine rings is 1. The number of hydrogen-bond acceptors (Lipinski definition) is 2. The number of nitrogens with zero attached hydrogens (tertiary/aromatic N) is 3. The zero-order valence-corrected chi connectivity index (χ0v) is 15.4. The fourth-order valence-corrected chi connectivity index (χ4v) is 4.31. The van der Waals surface area contributed by atoms with Gasteiger partial charge in [0.15, 0.2) is 0 Å². The summed E-state index contributed by atoms with van der Waals surface area (Å²) in [6.45, 7) is 1.59. The summed E-state index contributed by atoms with van der Waals surface area (Å²) in [6.07, 6.45) is 7.90. The van der Waals surface area contributed by atoms with Gasteiger partial charge in [-0.25, -0.2) is 4.98 Å². The average molecular weight is 358 g/mol. The van der Waals surface area contributed by atoms with Crippen LogP contribution in [0.1, 0.15) is 34.7 Å². The molecule has 5 rings (SSSR count). The number of rotatable bonds is 2. The Hall–Kier alpha value is -3.08. The molecule has 0 saturated carbocycles. The van der Waals surface area contributed by atoms with Crippen LogP contribution >= 0.6 is 0 Å². The molecule has 5 heteroatoms. The van der Waals surface area contributed by atoms with Gasteiger partial charge in [0.2, 0.25) is 0 Å². The molecular formula is C22H22N4O. The highest BCUT2D eigenvalue weighted by molar-refractivity contribution is 5.98. The Kier molecular flexibility index (Phi) is 3.74. The molecule has 3 aromatic heterocycles. The summed E-state index contributed by atoms with van der Waals surface area (Å²) >= 11 is 0. The summed E-state index contributed by atoms with van der Waals surface area (Å²) in [7, 11) is 2.02. The minimum atomic E-state index is 0.139. The van der Waals surface area contributed by atoms with Gasteiger partial charge in [-0.15, -0.1) is 0 Å². The third kappa shape index (κ3) is 2.70. The van der Waals surface area contributed by atoms with E-state index < -0.39 is 0 Å². The van der Waals surface area contributed by atoms with Crippen LogP contribution in [-0.4, -0.2) is 38.4 Å². The fraction of sp³-hybridized carbons (Fsp3) is 0.273. The lowest BCUT2D eigenvalue weighted by atomic mass is 9.89. The monoisotopic (exact) mass is 358 g/mol. The van der Waals surface area contributed by atoms with Crippen LogP contribution in [0.15, 0.2) is 55.0 Å². The lowest BCUT2D eigenvalue weighted by molar-refractivity contribution is 0.0713. The summed E-state index contributed by atoms with van der Waals surface area (Å²) < 4.78 is 2.07. The largest absolute Gasteiger partial charge is 0.351 e. The third-order valence-corrected chi connectivity index (χ3v) is 5.84. The van der Waals surface area contributed by atoms with Crippen molar-refractivity contribution in [1.29, 1.82) is 0 Å². The maximum absolute atomic E-state index is 13.0. The summed E-state index contributed by atoms with van der Waals surface area (Å²) in [5.74, 6) is 0.614. The molecule has 1 amide bonds. The molecule has 4 aromatic rings. The number of benzene rings is 1. The first kappa shape index (κ1) is 16.1. The van der Waals surface area contributed by atoms with Crippen LogP contribution in [0, 0.1) is 0 Å². The van der Waals surface area contributed by atoms with Gasteiger partial charge >= 0.3 is 0 Å². The van der Waals surface area contributed by atoms with Crippen molar-refractivity contribution < 1.29 is 4.79 Å². The number of hydrogen-bond donors (Lipinski definition) is 1. The van der Waals surface area contributed by atoms with Gasteiger partial charge in [-0.1, -0.05) is 0 Å². The maximum Gasteiger partial charge on any atom is 0.253 e. The van der Waals surface area contributed by atoms with Crippen LogP contribution in [0.2, 0.25) is 0 Å². The van der Waals surface area contributed by atoms with Crippen LogP contribution < -0.4 is 0 Å². The second-order valence-corrected chi connectivity index (χ2v) is 7.41. The highest BCUT2D eigenvalue weighted by Crippen LogP contribution is 2.33. The molecule has 0 aliphatic carbocycles. The summed E-state index contributed by atoms with van der Waals surface area (Å²) in [6, 6.07) is 12.2. The molecule has 1 saturated heterocycles. The normalized spacial score (nSPS) is 15.7. The number of carbonyl (C=O) groups is 1. The van der Waals surface area contributed by atoms with Crippen molar-refractivity contribution in [2.45, 2.75) is 18.8 Å². The van der Waals surface area contributed by atoms with Crippen LogP contribution in [0.5, 0.6) is 0 Å². The molecule has 0 radical (unpaired) electrons. The lowest BCUT2D eigenvalue weighted by Crippen LogP contribution is -2.37. The van der Waals surface area contributed by atoms with Gasteiger partial charge in [0.25, 0.3) is 5.91 Å². The summed E-state index contributed by atoms with van der Waals surface area (Å²) in [5, 5.41) is 2.32. The van der Waals surface area contributed by atoms with E-state index in [1.54, 1.807) is 0 Å². The number of carbonyl (C=O) groups excluding carboxylic acids is 1. The minimum Gasteiger partial charge on any atom is -0.351 e. The van der Waals surface area contributed by atoms with Crippen molar-refractivity contribution in [2.75, 3.05) is 13.1 Å². The van der Waals surface area contributed by atoms with Crippen molar-refractivity contribution in [3.8, 4) is 0 Å². The molecule has 1 N–H and O–H groups in total. The van der Waals surface area contributed by atoms with Gasteiger partial charge in [0.1, 0.15) is 5.65 Å². The number of fused-ring (bicyclic) bond motifs is 2. The number of amides is 1. The zero-order chi connectivity index (χ0) is 18.4. The Labute approximate surface area is 157 Å². The van der Waals surface area contributed by atoms with Gasteiger partial charge in [0, 0.05) is 60.6 Å². The van der Waals surface area contributed by atoms with Gasteiger partial charge in [-0.3, -0.25) is 4.79 Å². The number of aromatic nitrogens is 3. The predicted molar refractivity (Wildman–Crippen MR) is 107 cm³/mol. The first-order valence-corrected chi connectivity index (χ1v) is 9.47. The van der Waals surface area contributed by atoms with E-state index in [1.165, 1.54) is 10.9 Å². The average Bonchev–Trinajstić information content (AvgIpc) is 3.31. The SMILES string of the molecule is Cn1ccc2cc(C(=O)N3CCC(c4c[nH]c5ncccc45)CC3)ccc21. The molecule has 136 valence electrons. The van der Waals surface area contributed by atoms with E-state index in [1.807, 2.05) is 48.6 Å². The fourth-order valence-electron chi connectivity index (χ4n) is 4.31. The molecule has 1 aliphatic heterocycles. The van der Waals surface area contributed by atoms with Crippen LogP contribution in [0.4, 0.5) is 0 Å². The second kappa shape index (κ2) is 6.27. The number of aromatic amines is 1. The topological polar surface area (TPSA) is 53.9 Å². The smallest absolute Gasteiger partial charge is 0.253 e. The highest BCUT2D eigenvalue weighted by atomic mass is 16.2. The predicted octanol–water partition coefficient (Wildman–Crippen LogP) is 4.07. The Morgan fingerprint density at radius 2 is 2.04 bits per heavy atom. The first-order chi connectivity index (χ1) is 13.2. The number of nitrogens with one attached hydrogen (secondary N) is 1. The zero-order valence-electron chi connectivity index (χ0n) is 15.4.